The summed E-state index contributed by atoms with van der Waals surface area (Å²) in [5.41, 5.74) is 0.506. The lowest BCUT2D eigenvalue weighted by Gasteiger charge is -2.26. The zero-order valence-corrected chi connectivity index (χ0v) is 17.6. The average molecular weight is 445 g/mol. The standard InChI is InChI=1S/C24H19N3O6/c1-33-21-13-7-6-12-20(21)25(24(30)18-10-4-5-11-19(18)27(31)32)14-15-26-22(28)16-8-2-3-9-17(16)23(26)29/h2-13H,14-15H2,1H3. The van der Waals surface area contributed by atoms with Gasteiger partial charge in [0.15, 0.2) is 0 Å². The molecule has 33 heavy (non-hydrogen) atoms. The molecule has 1 aliphatic heterocycles. The van der Waals surface area contributed by atoms with Gasteiger partial charge in [-0.1, -0.05) is 36.4 Å². The normalized spacial score (nSPS) is 12.5. The van der Waals surface area contributed by atoms with Crippen molar-refractivity contribution in [2.24, 2.45) is 0 Å². The number of ether oxygens (including phenoxy) is 1. The van der Waals surface area contributed by atoms with Crippen molar-refractivity contribution in [1.82, 2.24) is 4.90 Å². The van der Waals surface area contributed by atoms with Crippen molar-refractivity contribution < 1.29 is 24.0 Å². The minimum atomic E-state index is -0.650. The Balaban J connectivity index is 1.69. The van der Waals surface area contributed by atoms with E-state index in [1.54, 1.807) is 48.5 Å². The molecule has 0 N–H and O–H groups in total. The number of para-hydroxylation sites is 3. The van der Waals surface area contributed by atoms with E-state index < -0.39 is 22.6 Å². The highest BCUT2D eigenvalue weighted by Crippen LogP contribution is 2.31. The van der Waals surface area contributed by atoms with E-state index in [0.29, 0.717) is 22.6 Å². The molecule has 3 amide bonds. The van der Waals surface area contributed by atoms with Gasteiger partial charge in [-0.3, -0.25) is 29.4 Å². The number of hydrogen-bond acceptors (Lipinski definition) is 6. The number of benzene rings is 3. The number of methoxy groups -OCH3 is 1. The van der Waals surface area contributed by atoms with Gasteiger partial charge in [0.05, 0.1) is 28.8 Å². The molecule has 0 radical (unpaired) electrons. The number of nitro groups is 1. The molecule has 0 saturated heterocycles. The minimum Gasteiger partial charge on any atom is -0.495 e. The van der Waals surface area contributed by atoms with Crippen LogP contribution in [0.5, 0.6) is 5.75 Å². The van der Waals surface area contributed by atoms with Crippen molar-refractivity contribution in [3.63, 3.8) is 0 Å². The number of nitro benzene ring substituents is 1. The molecule has 9 nitrogen and oxygen atoms in total. The molecule has 4 rings (SSSR count). The lowest BCUT2D eigenvalue weighted by molar-refractivity contribution is -0.385. The van der Waals surface area contributed by atoms with Crippen molar-refractivity contribution in [3.05, 3.63) is 99.6 Å². The Labute approximate surface area is 189 Å². The molecule has 0 aromatic heterocycles. The van der Waals surface area contributed by atoms with Gasteiger partial charge >= 0.3 is 0 Å². The van der Waals surface area contributed by atoms with Crippen molar-refractivity contribution in [2.75, 3.05) is 25.1 Å². The number of anilines is 1. The maximum Gasteiger partial charge on any atom is 0.282 e. The number of nitrogens with zero attached hydrogens (tertiary/aromatic N) is 3. The number of carbonyl (C=O) groups excluding carboxylic acids is 3. The van der Waals surface area contributed by atoms with E-state index in [-0.39, 0.29) is 24.3 Å². The highest BCUT2D eigenvalue weighted by atomic mass is 16.6. The van der Waals surface area contributed by atoms with Crippen molar-refractivity contribution in [2.45, 2.75) is 0 Å². The number of imide groups is 1. The van der Waals surface area contributed by atoms with Crippen LogP contribution < -0.4 is 9.64 Å². The van der Waals surface area contributed by atoms with E-state index in [0.717, 1.165) is 4.90 Å². The summed E-state index contributed by atoms with van der Waals surface area (Å²) < 4.78 is 5.38. The molecule has 0 bridgehead atoms. The first-order valence-corrected chi connectivity index (χ1v) is 10.1. The number of carbonyl (C=O) groups is 3. The summed E-state index contributed by atoms with van der Waals surface area (Å²) in [6.07, 6.45) is 0. The van der Waals surface area contributed by atoms with Crippen LogP contribution in [-0.2, 0) is 0 Å². The minimum absolute atomic E-state index is 0.0866. The van der Waals surface area contributed by atoms with E-state index in [2.05, 4.69) is 0 Å². The third-order valence-corrected chi connectivity index (χ3v) is 5.38. The summed E-state index contributed by atoms with van der Waals surface area (Å²) in [6, 6.07) is 18.8. The van der Waals surface area contributed by atoms with Crippen LogP contribution in [0.1, 0.15) is 31.1 Å². The van der Waals surface area contributed by atoms with Crippen molar-refractivity contribution in [1.29, 1.82) is 0 Å². The highest BCUT2D eigenvalue weighted by Gasteiger charge is 2.36. The smallest absolute Gasteiger partial charge is 0.282 e. The molecule has 0 saturated carbocycles. The monoisotopic (exact) mass is 445 g/mol. The third-order valence-electron chi connectivity index (χ3n) is 5.38. The molecular weight excluding hydrogens is 426 g/mol. The van der Waals surface area contributed by atoms with E-state index >= 15 is 0 Å². The van der Waals surface area contributed by atoms with E-state index in [1.807, 2.05) is 0 Å². The number of hydrogen-bond donors (Lipinski definition) is 0. The maximum absolute atomic E-state index is 13.5. The van der Waals surface area contributed by atoms with E-state index in [9.17, 15) is 24.5 Å². The Bertz CT molecular complexity index is 1240. The molecule has 0 spiro atoms. The molecular formula is C24H19N3O6. The number of fused-ring (bicyclic) bond motifs is 1. The largest absolute Gasteiger partial charge is 0.495 e. The van der Waals surface area contributed by atoms with Gasteiger partial charge in [-0.05, 0) is 30.3 Å². The summed E-state index contributed by atoms with van der Waals surface area (Å²) in [4.78, 5) is 52.2. The van der Waals surface area contributed by atoms with Crippen LogP contribution in [0.25, 0.3) is 0 Å². The van der Waals surface area contributed by atoms with Gasteiger partial charge in [-0.15, -0.1) is 0 Å². The Morgan fingerprint density at radius 1 is 0.939 bits per heavy atom. The van der Waals surface area contributed by atoms with Gasteiger partial charge in [0.25, 0.3) is 23.4 Å². The van der Waals surface area contributed by atoms with Crippen LogP contribution >= 0.6 is 0 Å². The fourth-order valence-electron chi connectivity index (χ4n) is 3.79. The van der Waals surface area contributed by atoms with Gasteiger partial charge in [-0.25, -0.2) is 0 Å². The number of amides is 3. The van der Waals surface area contributed by atoms with E-state index in [4.69, 9.17) is 4.74 Å². The molecule has 1 heterocycles. The SMILES string of the molecule is COc1ccccc1N(CCN1C(=O)c2ccccc2C1=O)C(=O)c1ccccc1[N+](=O)[O-]. The first-order chi connectivity index (χ1) is 15.9. The summed E-state index contributed by atoms with van der Waals surface area (Å²) in [5, 5.41) is 11.5. The summed E-state index contributed by atoms with van der Waals surface area (Å²) >= 11 is 0. The molecule has 3 aromatic carbocycles. The van der Waals surface area contributed by atoms with Crippen LogP contribution in [0.15, 0.2) is 72.8 Å². The van der Waals surface area contributed by atoms with Gasteiger partial charge in [0.1, 0.15) is 11.3 Å². The maximum atomic E-state index is 13.5. The molecule has 166 valence electrons. The van der Waals surface area contributed by atoms with Crippen LogP contribution in [-0.4, -0.2) is 47.7 Å². The zero-order valence-electron chi connectivity index (χ0n) is 17.6. The van der Waals surface area contributed by atoms with Crippen LogP contribution in [0, 0.1) is 10.1 Å². The van der Waals surface area contributed by atoms with Crippen LogP contribution in [0.4, 0.5) is 11.4 Å². The van der Waals surface area contributed by atoms with Gasteiger partial charge < -0.3 is 9.64 Å². The summed E-state index contributed by atoms with van der Waals surface area (Å²) in [7, 11) is 1.44. The predicted octanol–water partition coefficient (Wildman–Crippen LogP) is 3.55. The quantitative estimate of drug-likeness (QED) is 0.313. The topological polar surface area (TPSA) is 110 Å². The lowest BCUT2D eigenvalue weighted by Crippen LogP contribution is -2.41. The Kier molecular flexibility index (Phi) is 5.86. The average Bonchev–Trinajstić information content (AvgIpc) is 3.09. The third kappa shape index (κ3) is 3.91. The second-order valence-corrected chi connectivity index (χ2v) is 7.21. The van der Waals surface area contributed by atoms with Gasteiger partial charge in [-0.2, -0.15) is 0 Å². The molecule has 1 aliphatic rings. The molecule has 9 heteroatoms. The second-order valence-electron chi connectivity index (χ2n) is 7.21. The first kappa shape index (κ1) is 21.7. The molecule has 3 aromatic rings. The van der Waals surface area contributed by atoms with Crippen LogP contribution in [0.2, 0.25) is 0 Å². The molecule has 0 atom stereocenters. The summed E-state index contributed by atoms with van der Waals surface area (Å²) in [5.74, 6) is -1.18. The van der Waals surface area contributed by atoms with Crippen LogP contribution in [0.3, 0.4) is 0 Å². The Morgan fingerprint density at radius 2 is 1.52 bits per heavy atom. The second kappa shape index (κ2) is 8.91. The Morgan fingerprint density at radius 3 is 2.15 bits per heavy atom. The first-order valence-electron chi connectivity index (χ1n) is 10.1. The van der Waals surface area contributed by atoms with Gasteiger partial charge in [0, 0.05) is 19.2 Å². The lowest BCUT2D eigenvalue weighted by atomic mass is 10.1. The zero-order chi connectivity index (χ0) is 23.5. The van der Waals surface area contributed by atoms with Crippen molar-refractivity contribution in [3.8, 4) is 5.75 Å². The fraction of sp³-hybridized carbons (Fsp3) is 0.125. The molecule has 0 unspecified atom stereocenters. The number of rotatable bonds is 7. The molecule has 0 fully saturated rings. The predicted molar refractivity (Wildman–Crippen MR) is 120 cm³/mol. The van der Waals surface area contributed by atoms with E-state index in [1.165, 1.54) is 36.3 Å². The molecule has 0 aliphatic carbocycles. The van der Waals surface area contributed by atoms with Crippen molar-refractivity contribution >= 4 is 29.1 Å². The fourth-order valence-corrected chi connectivity index (χ4v) is 3.79. The highest BCUT2D eigenvalue weighted by molar-refractivity contribution is 6.21. The Hall–Kier alpha value is -4.53. The summed E-state index contributed by atoms with van der Waals surface area (Å²) in [6.45, 7) is -0.187. The van der Waals surface area contributed by atoms with Gasteiger partial charge in [0.2, 0.25) is 0 Å².